The average molecular weight is 224 g/mol. The predicted molar refractivity (Wildman–Crippen MR) is 53.2 cm³/mol. The Labute approximate surface area is 83.8 Å². The van der Waals surface area contributed by atoms with Crippen molar-refractivity contribution in [2.45, 2.75) is 6.92 Å². The van der Waals surface area contributed by atoms with Gasteiger partial charge >= 0.3 is 0 Å². The third-order valence-corrected chi connectivity index (χ3v) is 3.17. The molecule has 7 nitrogen and oxygen atoms in total. The van der Waals surface area contributed by atoms with Crippen molar-refractivity contribution in [1.29, 1.82) is 0 Å². The van der Waals surface area contributed by atoms with Crippen LogP contribution in [-0.2, 0) is 10.2 Å². The summed E-state index contributed by atoms with van der Waals surface area (Å²) >= 11 is 0. The smallest absolute Gasteiger partial charge is 0.278 e. The van der Waals surface area contributed by atoms with E-state index >= 15 is 0 Å². The molecule has 0 aliphatic rings. The lowest BCUT2D eigenvalue weighted by molar-refractivity contribution is 0.314. The third kappa shape index (κ3) is 3.90. The highest BCUT2D eigenvalue weighted by Gasteiger charge is 2.15. The molecule has 0 amide bonds. The van der Waals surface area contributed by atoms with Crippen LogP contribution in [0, 0.1) is 5.92 Å². The largest absolute Gasteiger partial charge is 0.409 e. The molecule has 0 bridgehead atoms. The number of hydrogen-bond donors (Lipinski definition) is 3. The Morgan fingerprint density at radius 3 is 2.50 bits per heavy atom. The van der Waals surface area contributed by atoms with Crippen LogP contribution in [0.25, 0.3) is 0 Å². The van der Waals surface area contributed by atoms with E-state index in [0.29, 0.717) is 0 Å². The van der Waals surface area contributed by atoms with Gasteiger partial charge in [0, 0.05) is 26.6 Å². The summed E-state index contributed by atoms with van der Waals surface area (Å²) in [6.07, 6.45) is 0. The molecule has 0 saturated carbocycles. The Hall–Kier alpha value is -0.860. The molecule has 0 radical (unpaired) electrons. The van der Waals surface area contributed by atoms with Crippen LogP contribution in [0.3, 0.4) is 0 Å². The highest BCUT2D eigenvalue weighted by Crippen LogP contribution is 1.95. The van der Waals surface area contributed by atoms with E-state index in [0.717, 1.165) is 4.31 Å². The molecule has 0 aromatic carbocycles. The summed E-state index contributed by atoms with van der Waals surface area (Å²) in [6, 6.07) is 0. The molecule has 8 heteroatoms. The number of oxime groups is 1. The van der Waals surface area contributed by atoms with E-state index in [1.807, 2.05) is 0 Å². The minimum Gasteiger partial charge on any atom is -0.409 e. The highest BCUT2D eigenvalue weighted by molar-refractivity contribution is 7.87. The second-order valence-electron chi connectivity index (χ2n) is 3.06. The van der Waals surface area contributed by atoms with E-state index in [1.165, 1.54) is 14.1 Å². The monoisotopic (exact) mass is 224 g/mol. The Morgan fingerprint density at radius 2 is 2.14 bits per heavy atom. The van der Waals surface area contributed by atoms with Gasteiger partial charge in [0.25, 0.3) is 10.2 Å². The zero-order valence-electron chi connectivity index (χ0n) is 8.43. The van der Waals surface area contributed by atoms with Gasteiger partial charge in [-0.15, -0.1) is 0 Å². The van der Waals surface area contributed by atoms with Gasteiger partial charge in [0.05, 0.1) is 0 Å². The fraction of sp³-hybridized carbons (Fsp3) is 0.833. The number of rotatable bonds is 5. The topological polar surface area (TPSA) is 108 Å². The van der Waals surface area contributed by atoms with Crippen LogP contribution in [0.5, 0.6) is 0 Å². The maximum absolute atomic E-state index is 11.2. The molecule has 0 fully saturated rings. The van der Waals surface area contributed by atoms with Gasteiger partial charge in [-0.3, -0.25) is 0 Å². The molecule has 1 atom stereocenters. The lowest BCUT2D eigenvalue weighted by atomic mass is 10.2. The van der Waals surface area contributed by atoms with Crippen molar-refractivity contribution in [3.05, 3.63) is 0 Å². The van der Waals surface area contributed by atoms with Crippen molar-refractivity contribution in [1.82, 2.24) is 9.03 Å². The average Bonchev–Trinajstić information content (AvgIpc) is 2.12. The van der Waals surface area contributed by atoms with Crippen LogP contribution in [0.1, 0.15) is 6.92 Å². The Kier molecular flexibility index (Phi) is 4.81. The number of nitrogens with zero attached hydrogens (tertiary/aromatic N) is 2. The molecule has 0 aliphatic carbocycles. The third-order valence-electron chi connectivity index (χ3n) is 1.67. The molecule has 0 saturated heterocycles. The number of nitrogens with one attached hydrogen (secondary N) is 1. The van der Waals surface area contributed by atoms with Gasteiger partial charge in [-0.1, -0.05) is 12.1 Å². The summed E-state index contributed by atoms with van der Waals surface area (Å²) in [5.41, 5.74) is 5.27. The second-order valence-corrected chi connectivity index (χ2v) is 5.03. The van der Waals surface area contributed by atoms with Gasteiger partial charge in [-0.05, 0) is 0 Å². The maximum atomic E-state index is 11.2. The van der Waals surface area contributed by atoms with E-state index in [2.05, 4.69) is 9.88 Å². The summed E-state index contributed by atoms with van der Waals surface area (Å²) in [7, 11) is -0.617. The fourth-order valence-corrected chi connectivity index (χ4v) is 1.28. The van der Waals surface area contributed by atoms with E-state index in [9.17, 15) is 8.42 Å². The highest BCUT2D eigenvalue weighted by atomic mass is 32.2. The minimum atomic E-state index is -3.44. The molecule has 0 aromatic heterocycles. The second kappa shape index (κ2) is 5.13. The quantitative estimate of drug-likeness (QED) is 0.235. The van der Waals surface area contributed by atoms with Crippen LogP contribution < -0.4 is 10.5 Å². The fourth-order valence-electron chi connectivity index (χ4n) is 0.563. The van der Waals surface area contributed by atoms with Gasteiger partial charge in [0.1, 0.15) is 5.84 Å². The first-order valence-corrected chi connectivity index (χ1v) is 5.39. The predicted octanol–water partition coefficient (Wildman–Crippen LogP) is -1.24. The van der Waals surface area contributed by atoms with E-state index in [-0.39, 0.29) is 18.3 Å². The molecular formula is C6H16N4O3S. The number of nitrogens with two attached hydrogens (primary N) is 1. The van der Waals surface area contributed by atoms with Crippen LogP contribution in [0.4, 0.5) is 0 Å². The van der Waals surface area contributed by atoms with Crippen molar-refractivity contribution < 1.29 is 13.6 Å². The lowest BCUT2D eigenvalue weighted by Crippen LogP contribution is -2.40. The van der Waals surface area contributed by atoms with E-state index in [1.54, 1.807) is 6.92 Å². The van der Waals surface area contributed by atoms with Gasteiger partial charge < -0.3 is 10.9 Å². The van der Waals surface area contributed by atoms with Gasteiger partial charge in [0.2, 0.25) is 0 Å². The van der Waals surface area contributed by atoms with Crippen molar-refractivity contribution in [2.24, 2.45) is 16.8 Å². The van der Waals surface area contributed by atoms with E-state index in [4.69, 9.17) is 10.9 Å². The van der Waals surface area contributed by atoms with Gasteiger partial charge in [0.15, 0.2) is 0 Å². The van der Waals surface area contributed by atoms with Gasteiger partial charge in [-0.25, -0.2) is 4.72 Å². The summed E-state index contributed by atoms with van der Waals surface area (Å²) in [6.45, 7) is 1.74. The zero-order valence-corrected chi connectivity index (χ0v) is 9.24. The Morgan fingerprint density at radius 1 is 1.64 bits per heavy atom. The van der Waals surface area contributed by atoms with Crippen molar-refractivity contribution in [2.75, 3.05) is 20.6 Å². The van der Waals surface area contributed by atoms with Crippen molar-refractivity contribution in [3.63, 3.8) is 0 Å². The molecule has 1 unspecified atom stereocenters. The molecule has 0 spiro atoms. The van der Waals surface area contributed by atoms with Crippen molar-refractivity contribution in [3.8, 4) is 0 Å². The molecule has 0 rings (SSSR count). The summed E-state index contributed by atoms with van der Waals surface area (Å²) < 4.78 is 25.8. The molecule has 0 aromatic rings. The molecule has 0 heterocycles. The first-order valence-electron chi connectivity index (χ1n) is 3.95. The summed E-state index contributed by atoms with van der Waals surface area (Å²) in [5.74, 6) is -0.360. The van der Waals surface area contributed by atoms with Gasteiger partial charge in [-0.2, -0.15) is 12.7 Å². The van der Waals surface area contributed by atoms with Crippen LogP contribution >= 0.6 is 0 Å². The SMILES string of the molecule is CC(CNS(=O)(=O)N(C)C)C(N)=NO. The molecule has 4 N–H and O–H groups in total. The normalized spacial score (nSPS) is 15.9. The summed E-state index contributed by atoms with van der Waals surface area (Å²) in [4.78, 5) is 0. The first-order chi connectivity index (χ1) is 6.31. The number of amidine groups is 1. The maximum Gasteiger partial charge on any atom is 0.278 e. The zero-order chi connectivity index (χ0) is 11.4. The Balaban J connectivity index is 4.21. The van der Waals surface area contributed by atoms with Crippen LogP contribution in [0.15, 0.2) is 5.16 Å². The Bertz CT molecular complexity index is 298. The number of hydrogen-bond acceptors (Lipinski definition) is 4. The van der Waals surface area contributed by atoms with Crippen molar-refractivity contribution >= 4 is 16.0 Å². The minimum absolute atomic E-state index is 0.00791. The molecule has 84 valence electrons. The molecule has 0 aliphatic heterocycles. The van der Waals surface area contributed by atoms with E-state index < -0.39 is 10.2 Å². The first kappa shape index (κ1) is 13.1. The molecular weight excluding hydrogens is 208 g/mol. The standard InChI is InChI=1S/C6H16N4O3S/c1-5(6(7)9-11)4-8-14(12,13)10(2)3/h5,8,11H,4H2,1-3H3,(H2,7,9). The molecule has 14 heavy (non-hydrogen) atoms. The van der Waals surface area contributed by atoms with Crippen LogP contribution in [0.2, 0.25) is 0 Å². The summed E-state index contributed by atoms with van der Waals surface area (Å²) in [5, 5.41) is 11.1. The lowest BCUT2D eigenvalue weighted by Gasteiger charge is -2.15. The van der Waals surface area contributed by atoms with Crippen LogP contribution in [-0.4, -0.2) is 44.4 Å².